The van der Waals surface area contributed by atoms with E-state index in [2.05, 4.69) is 45.8 Å². The number of hydrogen-bond acceptors (Lipinski definition) is 4. The van der Waals surface area contributed by atoms with Crippen molar-refractivity contribution in [2.45, 2.75) is 25.9 Å². The molecule has 0 saturated carbocycles. The highest BCUT2D eigenvalue weighted by atomic mass is 16.5. The van der Waals surface area contributed by atoms with Gasteiger partial charge in [-0.2, -0.15) is 5.10 Å². The lowest BCUT2D eigenvalue weighted by atomic mass is 10.0. The van der Waals surface area contributed by atoms with Gasteiger partial charge in [0.2, 0.25) is 0 Å². The highest BCUT2D eigenvalue weighted by molar-refractivity contribution is 5.80. The summed E-state index contributed by atoms with van der Waals surface area (Å²) in [6.45, 7) is 4.15. The smallest absolute Gasteiger partial charge is 0.192 e. The Labute approximate surface area is 164 Å². The third-order valence-corrected chi connectivity index (χ3v) is 4.63. The van der Waals surface area contributed by atoms with Gasteiger partial charge in [-0.25, -0.2) is 14.7 Å². The first-order chi connectivity index (χ1) is 13.8. The van der Waals surface area contributed by atoms with Crippen LogP contribution in [0.5, 0.6) is 5.75 Å². The lowest BCUT2D eigenvalue weighted by Gasteiger charge is -2.28. The number of guanidine groups is 1. The summed E-state index contributed by atoms with van der Waals surface area (Å²) in [6, 6.07) is 16.5. The van der Waals surface area contributed by atoms with Gasteiger partial charge >= 0.3 is 0 Å². The topological polar surface area (TPSA) is 76.4 Å². The Morgan fingerprint density at radius 1 is 1.25 bits per heavy atom. The van der Waals surface area contributed by atoms with Crippen LogP contribution in [0.1, 0.15) is 30.5 Å². The third-order valence-electron chi connectivity index (χ3n) is 4.63. The first-order valence-electron chi connectivity index (χ1n) is 9.54. The van der Waals surface area contributed by atoms with Gasteiger partial charge in [0.25, 0.3) is 0 Å². The molecular weight excluding hydrogens is 352 g/mol. The maximum Gasteiger partial charge on any atom is 0.192 e. The fourth-order valence-electron chi connectivity index (χ4n) is 3.29. The van der Waals surface area contributed by atoms with Crippen LogP contribution in [0.15, 0.2) is 66.2 Å². The van der Waals surface area contributed by atoms with E-state index in [1.54, 1.807) is 11.0 Å². The molecule has 2 N–H and O–H groups in total. The minimum absolute atomic E-state index is 0.184. The number of fused-ring (bicyclic) bond motifs is 1. The number of para-hydroxylation sites is 1. The fraction of sp³-hybridized carbons (Fsp3) is 0.286. The van der Waals surface area contributed by atoms with Crippen molar-refractivity contribution < 1.29 is 4.74 Å². The number of aromatic nitrogens is 3. The van der Waals surface area contributed by atoms with Crippen LogP contribution in [0.2, 0.25) is 0 Å². The van der Waals surface area contributed by atoms with Crippen LogP contribution < -0.4 is 15.4 Å². The van der Waals surface area contributed by atoms with Gasteiger partial charge in [0.05, 0.1) is 24.9 Å². The molecule has 7 nitrogen and oxygen atoms in total. The second-order valence-electron chi connectivity index (χ2n) is 6.58. The highest BCUT2D eigenvalue weighted by Gasteiger charge is 2.21. The molecule has 0 fully saturated rings. The number of rotatable bonds is 5. The number of aliphatic imine (C=N–C) groups is 1. The van der Waals surface area contributed by atoms with Crippen LogP contribution in [-0.2, 0) is 6.54 Å². The van der Waals surface area contributed by atoms with E-state index in [9.17, 15) is 0 Å². The van der Waals surface area contributed by atoms with Crippen molar-refractivity contribution in [1.82, 2.24) is 25.4 Å². The van der Waals surface area contributed by atoms with Crippen molar-refractivity contribution in [3.05, 3.63) is 72.3 Å². The summed E-state index contributed by atoms with van der Waals surface area (Å²) in [7, 11) is 0. The Morgan fingerprint density at radius 3 is 3.04 bits per heavy atom. The molecular formula is C21H24N6O. The van der Waals surface area contributed by atoms with Crippen LogP contribution in [0.4, 0.5) is 0 Å². The fourth-order valence-corrected chi connectivity index (χ4v) is 3.29. The number of nitrogens with one attached hydrogen (secondary N) is 2. The molecule has 144 valence electrons. The van der Waals surface area contributed by atoms with E-state index in [-0.39, 0.29) is 6.04 Å². The van der Waals surface area contributed by atoms with Crippen LogP contribution in [0.25, 0.3) is 5.69 Å². The summed E-state index contributed by atoms with van der Waals surface area (Å²) in [5.41, 5.74) is 3.26. The minimum atomic E-state index is 0.184. The maximum absolute atomic E-state index is 5.76. The average Bonchev–Trinajstić information content (AvgIpc) is 3.28. The molecule has 1 aromatic heterocycles. The Balaban J connectivity index is 1.49. The minimum Gasteiger partial charge on any atom is -0.493 e. The van der Waals surface area contributed by atoms with Gasteiger partial charge in [0.15, 0.2) is 5.96 Å². The molecule has 2 aromatic carbocycles. The summed E-state index contributed by atoms with van der Waals surface area (Å²) in [5, 5.41) is 11.1. The molecule has 1 aliphatic heterocycles. The number of hydrogen-bond donors (Lipinski definition) is 2. The van der Waals surface area contributed by atoms with Gasteiger partial charge in [-0.3, -0.25) is 0 Å². The van der Waals surface area contributed by atoms with E-state index in [0.29, 0.717) is 13.2 Å². The second-order valence-corrected chi connectivity index (χ2v) is 6.58. The number of nitrogens with zero attached hydrogens (tertiary/aromatic N) is 4. The summed E-state index contributed by atoms with van der Waals surface area (Å²) in [5.74, 6) is 1.75. The van der Waals surface area contributed by atoms with Crippen LogP contribution in [0.3, 0.4) is 0 Å². The van der Waals surface area contributed by atoms with E-state index < -0.39 is 0 Å². The maximum atomic E-state index is 5.76. The predicted octanol–water partition coefficient (Wildman–Crippen LogP) is 2.85. The Bertz CT molecular complexity index is 938. The molecule has 0 saturated heterocycles. The molecule has 2 heterocycles. The molecule has 7 heteroatoms. The number of ether oxygens (including phenoxy) is 1. The molecule has 0 spiro atoms. The van der Waals surface area contributed by atoms with Gasteiger partial charge in [-0.05, 0) is 30.7 Å². The van der Waals surface area contributed by atoms with E-state index in [0.717, 1.165) is 35.9 Å². The zero-order chi connectivity index (χ0) is 19.2. The lowest BCUT2D eigenvalue weighted by Crippen LogP contribution is -2.41. The quantitative estimate of drug-likeness (QED) is 0.529. The van der Waals surface area contributed by atoms with E-state index in [1.807, 2.05) is 30.3 Å². The van der Waals surface area contributed by atoms with Crippen molar-refractivity contribution in [2.75, 3.05) is 13.2 Å². The third kappa shape index (κ3) is 4.14. The molecule has 1 aliphatic rings. The molecule has 0 radical (unpaired) electrons. The van der Waals surface area contributed by atoms with Crippen molar-refractivity contribution in [2.24, 2.45) is 4.99 Å². The van der Waals surface area contributed by atoms with E-state index in [4.69, 9.17) is 9.73 Å². The zero-order valence-corrected chi connectivity index (χ0v) is 15.9. The van der Waals surface area contributed by atoms with Crippen molar-refractivity contribution in [3.63, 3.8) is 0 Å². The summed E-state index contributed by atoms with van der Waals surface area (Å²) >= 11 is 0. The van der Waals surface area contributed by atoms with Crippen LogP contribution in [0, 0.1) is 0 Å². The summed E-state index contributed by atoms with van der Waals surface area (Å²) in [4.78, 5) is 8.79. The molecule has 1 atom stereocenters. The van der Waals surface area contributed by atoms with Crippen LogP contribution in [-0.4, -0.2) is 33.9 Å². The van der Waals surface area contributed by atoms with Gasteiger partial charge in [-0.15, -0.1) is 0 Å². The van der Waals surface area contributed by atoms with Gasteiger partial charge in [0, 0.05) is 18.5 Å². The molecule has 0 aliphatic carbocycles. The first kappa shape index (κ1) is 18.0. The van der Waals surface area contributed by atoms with Crippen molar-refractivity contribution in [1.29, 1.82) is 0 Å². The van der Waals surface area contributed by atoms with Gasteiger partial charge in [0.1, 0.15) is 18.4 Å². The van der Waals surface area contributed by atoms with Crippen molar-refractivity contribution >= 4 is 5.96 Å². The molecule has 1 unspecified atom stereocenters. The van der Waals surface area contributed by atoms with E-state index in [1.165, 1.54) is 11.9 Å². The predicted molar refractivity (Wildman–Crippen MR) is 109 cm³/mol. The SMILES string of the molecule is CCNC(=NCc1cccc(-n2cncn2)c1)NC1CCOc2ccccc21. The Hall–Kier alpha value is -3.35. The van der Waals surface area contributed by atoms with Gasteiger partial charge in [-0.1, -0.05) is 30.3 Å². The van der Waals surface area contributed by atoms with Gasteiger partial charge < -0.3 is 15.4 Å². The molecule has 0 amide bonds. The Morgan fingerprint density at radius 2 is 2.18 bits per heavy atom. The zero-order valence-electron chi connectivity index (χ0n) is 15.9. The summed E-state index contributed by atoms with van der Waals surface area (Å²) in [6.07, 6.45) is 4.13. The largest absolute Gasteiger partial charge is 0.493 e. The normalized spacial score (nSPS) is 16.2. The average molecular weight is 376 g/mol. The van der Waals surface area contributed by atoms with Crippen LogP contribution >= 0.6 is 0 Å². The molecule has 0 bridgehead atoms. The molecule has 3 aromatic rings. The molecule has 28 heavy (non-hydrogen) atoms. The second kappa shape index (κ2) is 8.56. The number of benzene rings is 2. The Kier molecular flexibility index (Phi) is 5.51. The lowest BCUT2D eigenvalue weighted by molar-refractivity contribution is 0.261. The standard InChI is InChI=1S/C21H24N6O/c1-2-23-21(26-19-10-11-28-20-9-4-3-8-18(19)20)24-13-16-6-5-7-17(12-16)27-15-22-14-25-27/h3-9,12,14-15,19H,2,10-11,13H2,1H3,(H2,23,24,26). The molecule has 4 rings (SSSR count). The first-order valence-corrected chi connectivity index (χ1v) is 9.54. The van der Waals surface area contributed by atoms with E-state index >= 15 is 0 Å². The summed E-state index contributed by atoms with van der Waals surface area (Å²) < 4.78 is 7.51. The van der Waals surface area contributed by atoms with Crippen molar-refractivity contribution in [3.8, 4) is 11.4 Å². The highest BCUT2D eigenvalue weighted by Crippen LogP contribution is 2.31. The monoisotopic (exact) mass is 376 g/mol.